The first-order chi connectivity index (χ1) is 13.8. The summed E-state index contributed by atoms with van der Waals surface area (Å²) in [5, 5.41) is 29.1. The number of methoxy groups -OCH3 is 1. The minimum Gasteiger partial charge on any atom is -0.473 e. The van der Waals surface area contributed by atoms with E-state index in [9.17, 15) is 0 Å². The van der Waals surface area contributed by atoms with Crippen molar-refractivity contribution in [1.82, 2.24) is 10.2 Å². The van der Waals surface area contributed by atoms with Gasteiger partial charge in [-0.15, -0.1) is 10.2 Å². The van der Waals surface area contributed by atoms with Crippen molar-refractivity contribution in [3.8, 4) is 11.3 Å². The second kappa shape index (κ2) is 10.1. The molecule has 0 unspecified atom stereocenters. The maximum absolute atomic E-state index is 9.10. The Morgan fingerprint density at radius 3 is 2.21 bits per heavy atom. The van der Waals surface area contributed by atoms with E-state index >= 15 is 0 Å². The lowest BCUT2D eigenvalue weighted by Gasteiger charge is -2.11. The number of aromatic nitrogens is 2. The molecule has 0 aliphatic heterocycles. The van der Waals surface area contributed by atoms with Crippen LogP contribution in [0.15, 0.2) is 42.5 Å². The lowest BCUT2D eigenvalue weighted by atomic mass is 10.0. The van der Waals surface area contributed by atoms with Gasteiger partial charge in [-0.25, -0.2) is 9.59 Å². The Kier molecular flexibility index (Phi) is 7.62. The Morgan fingerprint density at radius 1 is 0.966 bits per heavy atom. The molecule has 1 heterocycles. The Hall–Kier alpha value is -3.52. The summed E-state index contributed by atoms with van der Waals surface area (Å²) in [4.78, 5) is 18.2. The quantitative estimate of drug-likeness (QED) is 0.443. The number of anilines is 1. The van der Waals surface area contributed by atoms with Crippen LogP contribution in [0.4, 0.5) is 5.82 Å². The van der Waals surface area contributed by atoms with Crippen LogP contribution >= 0.6 is 0 Å². The van der Waals surface area contributed by atoms with Crippen molar-refractivity contribution in [2.75, 3.05) is 25.6 Å². The summed E-state index contributed by atoms with van der Waals surface area (Å²) in [6.07, 6.45) is 0. The van der Waals surface area contributed by atoms with Gasteiger partial charge in [-0.05, 0) is 31.0 Å². The Bertz CT molecular complexity index is 1010. The molecule has 0 atom stereocenters. The van der Waals surface area contributed by atoms with Crippen LogP contribution in [0.3, 0.4) is 0 Å². The molecule has 0 spiro atoms. The molecule has 0 saturated heterocycles. The molecule has 0 bridgehead atoms. The molecule has 8 heteroatoms. The number of carbonyl (C=O) groups is 2. The summed E-state index contributed by atoms with van der Waals surface area (Å²) >= 11 is 0. The molecule has 3 aromatic rings. The molecule has 0 fully saturated rings. The van der Waals surface area contributed by atoms with Crippen LogP contribution in [0.1, 0.15) is 11.1 Å². The number of nitrogens with one attached hydrogen (secondary N) is 1. The minimum absolute atomic E-state index is 0.634. The monoisotopic (exact) mass is 397 g/mol. The number of ether oxygens (including phenoxy) is 1. The number of fused-ring (bicyclic) bond motifs is 1. The number of nitrogens with zero attached hydrogens (tertiary/aromatic N) is 2. The minimum atomic E-state index is -1.82. The van der Waals surface area contributed by atoms with E-state index in [2.05, 4.69) is 59.7 Å². The highest BCUT2D eigenvalue weighted by Crippen LogP contribution is 2.30. The molecular formula is C21H23N3O5. The van der Waals surface area contributed by atoms with Crippen LogP contribution in [0.2, 0.25) is 0 Å². The molecule has 3 N–H and O–H groups in total. The van der Waals surface area contributed by atoms with E-state index in [4.69, 9.17) is 24.5 Å². The van der Waals surface area contributed by atoms with Gasteiger partial charge >= 0.3 is 11.9 Å². The SMILES string of the molecule is COCCNc1nnc(-c2ccc(C)c(C)c2)c2ccccc12.O=C(O)C(=O)O. The van der Waals surface area contributed by atoms with Crippen molar-refractivity contribution in [3.63, 3.8) is 0 Å². The van der Waals surface area contributed by atoms with Gasteiger partial charge in [0.15, 0.2) is 5.82 Å². The highest BCUT2D eigenvalue weighted by molar-refractivity contribution is 6.27. The van der Waals surface area contributed by atoms with Gasteiger partial charge in [0.1, 0.15) is 5.69 Å². The first kappa shape index (κ1) is 21.8. The zero-order valence-corrected chi connectivity index (χ0v) is 16.5. The van der Waals surface area contributed by atoms with Gasteiger partial charge in [-0.1, -0.05) is 36.4 Å². The molecule has 1 aromatic heterocycles. The summed E-state index contributed by atoms with van der Waals surface area (Å²) in [7, 11) is 1.69. The standard InChI is InChI=1S/C19H21N3O.C2H2O4/c1-13-8-9-15(12-14(13)2)18-16-6-4-5-7-17(16)19(22-21-18)20-10-11-23-3;3-1(4)2(5)6/h4-9,12H,10-11H2,1-3H3,(H,20,22);(H,3,4)(H,5,6). The predicted octanol–water partition coefficient (Wildman–Crippen LogP) is 3.13. The number of rotatable bonds is 5. The number of hydrogen-bond acceptors (Lipinski definition) is 6. The van der Waals surface area contributed by atoms with Crippen molar-refractivity contribution in [3.05, 3.63) is 53.6 Å². The zero-order chi connectivity index (χ0) is 21.4. The topological polar surface area (TPSA) is 122 Å². The van der Waals surface area contributed by atoms with Gasteiger partial charge in [-0.2, -0.15) is 0 Å². The van der Waals surface area contributed by atoms with Crippen molar-refractivity contribution in [1.29, 1.82) is 0 Å². The molecule has 29 heavy (non-hydrogen) atoms. The van der Waals surface area contributed by atoms with Crippen molar-refractivity contribution < 1.29 is 24.5 Å². The van der Waals surface area contributed by atoms with E-state index in [0.29, 0.717) is 13.2 Å². The number of carboxylic acid groups (broad SMARTS) is 2. The molecule has 0 aliphatic carbocycles. The van der Waals surface area contributed by atoms with E-state index in [1.54, 1.807) is 7.11 Å². The first-order valence-electron chi connectivity index (χ1n) is 8.87. The number of benzene rings is 2. The first-order valence-corrected chi connectivity index (χ1v) is 8.87. The molecule has 0 aliphatic rings. The van der Waals surface area contributed by atoms with E-state index in [0.717, 1.165) is 27.8 Å². The predicted molar refractivity (Wildman–Crippen MR) is 110 cm³/mol. The number of carboxylic acids is 2. The summed E-state index contributed by atoms with van der Waals surface area (Å²) in [5.74, 6) is -2.85. The number of aryl methyl sites for hydroxylation is 2. The largest absolute Gasteiger partial charge is 0.473 e. The zero-order valence-electron chi connectivity index (χ0n) is 16.5. The summed E-state index contributed by atoms with van der Waals surface area (Å²) in [6, 6.07) is 14.6. The average molecular weight is 397 g/mol. The summed E-state index contributed by atoms with van der Waals surface area (Å²) in [5.41, 5.74) is 4.56. The van der Waals surface area contributed by atoms with Gasteiger partial charge in [0.25, 0.3) is 0 Å². The van der Waals surface area contributed by atoms with Crippen molar-refractivity contribution in [2.45, 2.75) is 13.8 Å². The van der Waals surface area contributed by atoms with Gasteiger partial charge < -0.3 is 20.3 Å². The maximum Gasteiger partial charge on any atom is 0.414 e. The molecular weight excluding hydrogens is 374 g/mol. The molecule has 8 nitrogen and oxygen atoms in total. The molecule has 2 aromatic carbocycles. The van der Waals surface area contributed by atoms with Gasteiger partial charge in [-0.3, -0.25) is 0 Å². The molecule has 0 radical (unpaired) electrons. The van der Waals surface area contributed by atoms with E-state index in [1.807, 2.05) is 12.1 Å². The summed E-state index contributed by atoms with van der Waals surface area (Å²) < 4.78 is 5.08. The second-order valence-electron chi connectivity index (χ2n) is 6.27. The van der Waals surface area contributed by atoms with E-state index in [1.165, 1.54) is 11.1 Å². The third-order valence-corrected chi connectivity index (χ3v) is 4.25. The third-order valence-electron chi connectivity index (χ3n) is 4.25. The van der Waals surface area contributed by atoms with Crippen LogP contribution in [0.5, 0.6) is 0 Å². The Morgan fingerprint density at radius 2 is 1.62 bits per heavy atom. The van der Waals surface area contributed by atoms with Crippen molar-refractivity contribution >= 4 is 28.5 Å². The lowest BCUT2D eigenvalue weighted by Crippen LogP contribution is -2.10. The van der Waals surface area contributed by atoms with Crippen LogP contribution < -0.4 is 5.32 Å². The fraction of sp³-hybridized carbons (Fsp3) is 0.238. The maximum atomic E-state index is 9.10. The number of hydrogen-bond donors (Lipinski definition) is 3. The highest BCUT2D eigenvalue weighted by Gasteiger charge is 2.11. The van der Waals surface area contributed by atoms with Gasteiger partial charge in [0, 0.05) is 30.0 Å². The third kappa shape index (κ3) is 5.73. The second-order valence-corrected chi connectivity index (χ2v) is 6.27. The molecule has 0 saturated carbocycles. The van der Waals surface area contributed by atoms with Gasteiger partial charge in [0.2, 0.25) is 0 Å². The molecule has 152 valence electrons. The van der Waals surface area contributed by atoms with Crippen LogP contribution in [-0.4, -0.2) is 52.6 Å². The lowest BCUT2D eigenvalue weighted by molar-refractivity contribution is -0.159. The number of aliphatic carboxylic acids is 2. The van der Waals surface area contributed by atoms with Gasteiger partial charge in [0.05, 0.1) is 6.61 Å². The Labute approximate surface area is 168 Å². The highest BCUT2D eigenvalue weighted by atomic mass is 16.5. The van der Waals surface area contributed by atoms with Crippen molar-refractivity contribution in [2.24, 2.45) is 0 Å². The van der Waals surface area contributed by atoms with Crippen LogP contribution in [0.25, 0.3) is 22.0 Å². The summed E-state index contributed by atoms with van der Waals surface area (Å²) in [6.45, 7) is 5.58. The van der Waals surface area contributed by atoms with Crippen LogP contribution in [0, 0.1) is 13.8 Å². The normalized spacial score (nSPS) is 10.2. The van der Waals surface area contributed by atoms with Crippen LogP contribution in [-0.2, 0) is 14.3 Å². The van der Waals surface area contributed by atoms with E-state index in [-0.39, 0.29) is 0 Å². The fourth-order valence-electron chi connectivity index (χ4n) is 2.61. The average Bonchev–Trinajstić information content (AvgIpc) is 2.71. The van der Waals surface area contributed by atoms with E-state index < -0.39 is 11.9 Å². The smallest absolute Gasteiger partial charge is 0.414 e. The fourth-order valence-corrected chi connectivity index (χ4v) is 2.61. The molecule has 0 amide bonds. The molecule has 3 rings (SSSR count). The Balaban J connectivity index is 0.000000438.